The Kier molecular flexibility index (Phi) is 7.13. The van der Waals surface area contributed by atoms with E-state index in [0.717, 1.165) is 57.2 Å². The summed E-state index contributed by atoms with van der Waals surface area (Å²) in [6, 6.07) is 12.2. The summed E-state index contributed by atoms with van der Waals surface area (Å²) in [4.78, 5) is 37.0. The summed E-state index contributed by atoms with van der Waals surface area (Å²) in [6.45, 7) is 3.89. The fraction of sp³-hybridized carbons (Fsp3) is 0.364. The van der Waals surface area contributed by atoms with Crippen molar-refractivity contribution in [2.24, 2.45) is 7.05 Å². The van der Waals surface area contributed by atoms with Gasteiger partial charge in [0.2, 0.25) is 0 Å². The summed E-state index contributed by atoms with van der Waals surface area (Å²) in [5, 5.41) is 3.07. The number of Topliss-reactive ketones (excluding diaryl/α,β-unsaturated/α-hetero) is 1. The van der Waals surface area contributed by atoms with Gasteiger partial charge in [-0.1, -0.05) is 0 Å². The molecular formula is C33H33F2N5O2S. The minimum atomic E-state index is -0.842. The smallest absolute Gasteiger partial charge is 0.293 e. The van der Waals surface area contributed by atoms with Gasteiger partial charge in [0.15, 0.2) is 11.6 Å². The number of carbonyl (C=O) groups excluding carboxylic acids is 1. The molecule has 43 heavy (non-hydrogen) atoms. The highest BCUT2D eigenvalue weighted by Gasteiger charge is 2.39. The minimum absolute atomic E-state index is 0.0245. The van der Waals surface area contributed by atoms with Crippen LogP contribution in [-0.4, -0.2) is 53.5 Å². The molecule has 1 aliphatic heterocycles. The zero-order valence-electron chi connectivity index (χ0n) is 24.2. The van der Waals surface area contributed by atoms with Crippen molar-refractivity contribution in [1.29, 1.82) is 0 Å². The van der Waals surface area contributed by atoms with Crippen molar-refractivity contribution in [1.82, 2.24) is 14.5 Å². The number of thiophene rings is 1. The molecule has 4 aromatic rings. The van der Waals surface area contributed by atoms with Crippen molar-refractivity contribution < 1.29 is 13.6 Å². The van der Waals surface area contributed by atoms with Crippen LogP contribution in [0.1, 0.15) is 56.8 Å². The van der Waals surface area contributed by atoms with E-state index in [-0.39, 0.29) is 40.4 Å². The molecule has 3 heterocycles. The molecule has 10 heteroatoms. The normalized spacial score (nSPS) is 19.6. The predicted molar refractivity (Wildman–Crippen MR) is 166 cm³/mol. The lowest BCUT2D eigenvalue weighted by atomic mass is 9.97. The highest BCUT2D eigenvalue weighted by molar-refractivity contribution is 7.14. The third-order valence-electron chi connectivity index (χ3n) is 9.18. The Bertz CT molecular complexity index is 1750. The van der Waals surface area contributed by atoms with Crippen LogP contribution in [0.5, 0.6) is 0 Å². The zero-order valence-corrected chi connectivity index (χ0v) is 25.0. The number of hydrogen-bond donors (Lipinski definition) is 1. The third kappa shape index (κ3) is 5.16. The quantitative estimate of drug-likeness (QED) is 0.259. The molecule has 2 unspecified atom stereocenters. The fourth-order valence-electron chi connectivity index (χ4n) is 6.68. The summed E-state index contributed by atoms with van der Waals surface area (Å²) in [6.07, 6.45) is 4.51. The number of hydrogen-bond acceptors (Lipinski definition) is 7. The number of aromatic nitrogens is 2. The molecule has 2 bridgehead atoms. The molecule has 2 atom stereocenters. The molecule has 2 fully saturated rings. The largest absolute Gasteiger partial charge is 0.369 e. The molecule has 3 aliphatic rings. The van der Waals surface area contributed by atoms with Crippen LogP contribution in [0, 0.1) is 11.6 Å². The van der Waals surface area contributed by atoms with E-state index in [1.54, 1.807) is 7.05 Å². The number of rotatable bonds is 7. The van der Waals surface area contributed by atoms with Crippen LogP contribution in [0.15, 0.2) is 53.5 Å². The maximum absolute atomic E-state index is 15.9. The summed E-state index contributed by atoms with van der Waals surface area (Å²) < 4.78 is 32.1. The number of piperazine rings is 1. The number of nitrogens with zero attached hydrogens (tertiary/aromatic N) is 4. The van der Waals surface area contributed by atoms with Crippen molar-refractivity contribution in [3.63, 3.8) is 0 Å². The van der Waals surface area contributed by atoms with Crippen molar-refractivity contribution in [2.75, 3.05) is 43.4 Å². The van der Waals surface area contributed by atoms with Crippen molar-refractivity contribution >= 4 is 34.3 Å². The van der Waals surface area contributed by atoms with Crippen LogP contribution in [0.3, 0.4) is 0 Å². The van der Waals surface area contributed by atoms with Crippen LogP contribution in [0.2, 0.25) is 0 Å². The first-order valence-corrected chi connectivity index (χ1v) is 15.6. The van der Waals surface area contributed by atoms with E-state index in [1.165, 1.54) is 38.6 Å². The summed E-state index contributed by atoms with van der Waals surface area (Å²) in [5.41, 5.74) is 2.54. The van der Waals surface area contributed by atoms with Crippen LogP contribution in [0.25, 0.3) is 11.3 Å². The topological polar surface area (TPSA) is 70.5 Å². The molecule has 0 amide bonds. The highest BCUT2D eigenvalue weighted by Crippen LogP contribution is 2.56. The first kappa shape index (κ1) is 27.9. The molecule has 2 aromatic heterocycles. The van der Waals surface area contributed by atoms with Crippen molar-refractivity contribution in [2.45, 2.75) is 37.5 Å². The molecule has 1 saturated heterocycles. The van der Waals surface area contributed by atoms with Crippen molar-refractivity contribution in [3.8, 4) is 11.3 Å². The van der Waals surface area contributed by atoms with Gasteiger partial charge in [0, 0.05) is 73.2 Å². The van der Waals surface area contributed by atoms with Gasteiger partial charge in [-0.15, -0.1) is 11.3 Å². The Morgan fingerprint density at radius 3 is 2.51 bits per heavy atom. The first-order chi connectivity index (χ1) is 20.7. The van der Waals surface area contributed by atoms with E-state index in [9.17, 15) is 14.0 Å². The lowest BCUT2D eigenvalue weighted by Crippen LogP contribution is -2.44. The van der Waals surface area contributed by atoms with Gasteiger partial charge < -0.3 is 19.7 Å². The molecule has 222 valence electrons. The summed E-state index contributed by atoms with van der Waals surface area (Å²) >= 11 is 1.48. The van der Waals surface area contributed by atoms with Crippen LogP contribution in [0.4, 0.5) is 26.0 Å². The Balaban J connectivity index is 1.13. The summed E-state index contributed by atoms with van der Waals surface area (Å²) in [7, 11) is 3.67. The number of likely N-dealkylation sites (N-methyl/N-ethyl adjacent to an activating group) is 1. The Morgan fingerprint density at radius 2 is 1.77 bits per heavy atom. The number of carbonyl (C=O) groups is 1. The number of ketones is 1. The number of aryl methyl sites for hydroxylation is 1. The number of halogens is 2. The monoisotopic (exact) mass is 601 g/mol. The molecule has 7 rings (SSSR count). The van der Waals surface area contributed by atoms with Gasteiger partial charge in [0.1, 0.15) is 11.6 Å². The van der Waals surface area contributed by atoms with E-state index in [0.29, 0.717) is 22.4 Å². The second kappa shape index (κ2) is 11.0. The average molecular weight is 602 g/mol. The molecule has 0 spiro atoms. The van der Waals surface area contributed by atoms with Gasteiger partial charge in [-0.05, 0) is 86.2 Å². The van der Waals surface area contributed by atoms with Crippen molar-refractivity contribution in [3.05, 3.63) is 91.5 Å². The van der Waals surface area contributed by atoms with E-state index in [2.05, 4.69) is 27.1 Å². The maximum Gasteiger partial charge on any atom is 0.293 e. The Hall–Kier alpha value is -3.89. The average Bonchev–Trinajstić information content (AvgIpc) is 3.73. The van der Waals surface area contributed by atoms with E-state index >= 15 is 4.39 Å². The van der Waals surface area contributed by atoms with Gasteiger partial charge >= 0.3 is 0 Å². The lowest BCUT2D eigenvalue weighted by Gasteiger charge is -2.34. The van der Waals surface area contributed by atoms with Crippen LogP contribution in [-0.2, 0) is 13.5 Å². The molecule has 1 saturated carbocycles. The number of fused-ring (bicyclic) bond motifs is 5. The molecule has 1 N–H and O–H groups in total. The van der Waals surface area contributed by atoms with Crippen LogP contribution < -0.4 is 15.8 Å². The minimum Gasteiger partial charge on any atom is -0.369 e. The second-order valence-electron chi connectivity index (χ2n) is 12.0. The van der Waals surface area contributed by atoms with Gasteiger partial charge in [0.05, 0.1) is 10.6 Å². The van der Waals surface area contributed by atoms with E-state index < -0.39 is 11.6 Å². The van der Waals surface area contributed by atoms with Gasteiger partial charge in [-0.3, -0.25) is 9.59 Å². The molecule has 0 radical (unpaired) electrons. The molecular weight excluding hydrogens is 568 g/mol. The van der Waals surface area contributed by atoms with Gasteiger partial charge in [0.25, 0.3) is 5.56 Å². The van der Waals surface area contributed by atoms with Gasteiger partial charge in [-0.25, -0.2) is 13.8 Å². The van der Waals surface area contributed by atoms with Gasteiger partial charge in [-0.2, -0.15) is 0 Å². The Labute approximate surface area is 252 Å². The summed E-state index contributed by atoms with van der Waals surface area (Å²) in [5.74, 6) is -0.838. The SMILES string of the molecule is CN1CCN(c2ccc(Nc3nc(-c4ccc(F)c(CC(=O)c5cc6c(s5)C5CCC6C5)c4F)cn(C)c3=O)cc2)CC1. The second-order valence-corrected chi connectivity index (χ2v) is 13.1. The lowest BCUT2D eigenvalue weighted by molar-refractivity contribution is 0.0994. The van der Waals surface area contributed by atoms with E-state index in [4.69, 9.17) is 0 Å². The fourth-order valence-corrected chi connectivity index (χ4v) is 8.01. The third-order valence-corrected chi connectivity index (χ3v) is 10.5. The van der Waals surface area contributed by atoms with E-state index in [1.807, 2.05) is 30.3 Å². The number of anilines is 3. The molecule has 2 aliphatic carbocycles. The molecule has 7 nitrogen and oxygen atoms in total. The molecule has 2 aromatic carbocycles. The van der Waals surface area contributed by atoms with Crippen LogP contribution >= 0.6 is 11.3 Å². The Morgan fingerprint density at radius 1 is 1.02 bits per heavy atom. The first-order valence-electron chi connectivity index (χ1n) is 14.8. The maximum atomic E-state index is 15.9. The standard InChI is InChI=1S/C33H33F2N5O2S/c1-38-11-13-40(14-12-38)22-7-5-21(6-8-22)36-32-33(42)39(2)18-27(37-32)23-9-10-26(34)25(30(23)35)16-28(41)29-17-24-19-3-4-20(15-19)31(24)43-29/h5-10,17-20H,3-4,11-16H2,1-2H3,(H,36,37). The zero-order chi connectivity index (χ0) is 29.8. The predicted octanol–water partition coefficient (Wildman–Crippen LogP) is 6.07. The number of benzene rings is 2. The highest BCUT2D eigenvalue weighted by atomic mass is 32.1. The number of nitrogens with one attached hydrogen (secondary N) is 1.